The number of aliphatic imine (C=N–C) groups is 1. The van der Waals surface area contributed by atoms with Crippen molar-refractivity contribution in [2.75, 3.05) is 59.6 Å². The van der Waals surface area contributed by atoms with E-state index in [0.717, 1.165) is 81.2 Å². The molecular weight excluding hydrogens is 340 g/mol. The van der Waals surface area contributed by atoms with Crippen LogP contribution in [-0.2, 0) is 11.2 Å². The minimum atomic E-state index is 0.732. The van der Waals surface area contributed by atoms with E-state index in [1.807, 2.05) is 18.2 Å². The predicted molar refractivity (Wildman–Crippen MR) is 103 cm³/mol. The second kappa shape index (κ2) is 11.2. The summed E-state index contributed by atoms with van der Waals surface area (Å²) in [6, 6.07) is 5.78. The molecule has 2 rings (SSSR count). The van der Waals surface area contributed by atoms with Crippen LogP contribution in [-0.4, -0.2) is 70.5 Å². The van der Waals surface area contributed by atoms with Gasteiger partial charge in [-0.2, -0.15) is 0 Å². The Labute approximate surface area is 155 Å². The van der Waals surface area contributed by atoms with E-state index in [2.05, 4.69) is 27.4 Å². The van der Waals surface area contributed by atoms with Gasteiger partial charge in [-0.3, -0.25) is 9.89 Å². The molecule has 140 valence electrons. The number of nitrogens with zero attached hydrogens (tertiary/aromatic N) is 2. The molecule has 0 aromatic heterocycles. The number of rotatable bonds is 8. The smallest absolute Gasteiger partial charge is 0.191 e. The van der Waals surface area contributed by atoms with Crippen molar-refractivity contribution in [2.45, 2.75) is 13.3 Å². The summed E-state index contributed by atoms with van der Waals surface area (Å²) in [5.74, 6) is 1.63. The summed E-state index contributed by atoms with van der Waals surface area (Å²) < 4.78 is 10.5. The molecule has 1 aromatic rings. The van der Waals surface area contributed by atoms with Crippen molar-refractivity contribution in [3.05, 3.63) is 28.8 Å². The van der Waals surface area contributed by atoms with Crippen LogP contribution in [0.1, 0.15) is 12.5 Å². The number of halogens is 1. The molecule has 1 aromatic carbocycles. The zero-order valence-electron chi connectivity index (χ0n) is 15.2. The van der Waals surface area contributed by atoms with E-state index < -0.39 is 0 Å². The lowest BCUT2D eigenvalue weighted by molar-refractivity contribution is 0.0394. The van der Waals surface area contributed by atoms with Gasteiger partial charge in [0.2, 0.25) is 0 Å². The maximum Gasteiger partial charge on any atom is 0.191 e. The van der Waals surface area contributed by atoms with Gasteiger partial charge in [-0.25, -0.2) is 0 Å². The molecular formula is C18H29ClN4O2. The molecule has 0 spiro atoms. The molecule has 2 N–H and O–H groups in total. The molecule has 0 saturated carbocycles. The van der Waals surface area contributed by atoms with Crippen molar-refractivity contribution in [1.29, 1.82) is 0 Å². The van der Waals surface area contributed by atoms with Gasteiger partial charge in [0.15, 0.2) is 5.96 Å². The molecule has 6 nitrogen and oxygen atoms in total. The highest BCUT2D eigenvalue weighted by Crippen LogP contribution is 2.22. The molecule has 0 amide bonds. The van der Waals surface area contributed by atoms with Gasteiger partial charge in [0.25, 0.3) is 0 Å². The minimum Gasteiger partial charge on any atom is -0.497 e. The van der Waals surface area contributed by atoms with Crippen LogP contribution in [0.2, 0.25) is 5.02 Å². The maximum atomic E-state index is 6.28. The highest BCUT2D eigenvalue weighted by molar-refractivity contribution is 6.31. The Bertz CT molecular complexity index is 548. The van der Waals surface area contributed by atoms with E-state index in [9.17, 15) is 0 Å². The summed E-state index contributed by atoms with van der Waals surface area (Å²) in [6.07, 6.45) is 0.830. The normalized spacial score (nSPS) is 15.9. The molecule has 1 fully saturated rings. The van der Waals surface area contributed by atoms with Gasteiger partial charge >= 0.3 is 0 Å². The lowest BCUT2D eigenvalue weighted by Gasteiger charge is -2.25. The fourth-order valence-electron chi connectivity index (χ4n) is 2.64. The van der Waals surface area contributed by atoms with Crippen molar-refractivity contribution < 1.29 is 9.47 Å². The Balaban J connectivity index is 1.77. The first-order valence-corrected chi connectivity index (χ1v) is 9.25. The Hall–Kier alpha value is -1.50. The highest BCUT2D eigenvalue weighted by atomic mass is 35.5. The van der Waals surface area contributed by atoms with Gasteiger partial charge in [-0.05, 0) is 31.0 Å². The molecule has 25 heavy (non-hydrogen) atoms. The van der Waals surface area contributed by atoms with Crippen LogP contribution in [0, 0.1) is 0 Å². The number of morpholine rings is 1. The second-order valence-electron chi connectivity index (χ2n) is 5.85. The standard InChI is InChI=1S/C18H29ClN4O2/c1-3-20-18(22-8-9-23-10-12-25-13-11-23)21-7-6-15-4-5-16(24-2)14-17(15)19/h4-5,14H,3,6-13H2,1-2H3,(H2,20,21,22). The van der Waals surface area contributed by atoms with Gasteiger partial charge in [0, 0.05) is 37.7 Å². The first kappa shape index (κ1) is 19.8. The van der Waals surface area contributed by atoms with Gasteiger partial charge in [0.1, 0.15) is 5.75 Å². The lowest BCUT2D eigenvalue weighted by atomic mass is 10.1. The third kappa shape index (κ3) is 7.10. The average Bonchev–Trinajstić information content (AvgIpc) is 2.64. The molecule has 1 aliphatic heterocycles. The van der Waals surface area contributed by atoms with E-state index in [-0.39, 0.29) is 0 Å². The van der Waals surface area contributed by atoms with Crippen molar-refractivity contribution in [2.24, 2.45) is 4.99 Å². The van der Waals surface area contributed by atoms with Crippen LogP contribution >= 0.6 is 11.6 Å². The quantitative estimate of drug-likeness (QED) is 0.541. The monoisotopic (exact) mass is 368 g/mol. The van der Waals surface area contributed by atoms with E-state index in [4.69, 9.17) is 21.1 Å². The fourth-order valence-corrected chi connectivity index (χ4v) is 2.91. The molecule has 1 aliphatic rings. The minimum absolute atomic E-state index is 0.732. The number of hydrogen-bond donors (Lipinski definition) is 2. The Morgan fingerprint density at radius 3 is 2.80 bits per heavy atom. The zero-order chi connectivity index (χ0) is 17.9. The Morgan fingerprint density at radius 1 is 1.32 bits per heavy atom. The zero-order valence-corrected chi connectivity index (χ0v) is 15.9. The molecule has 0 aliphatic carbocycles. The second-order valence-corrected chi connectivity index (χ2v) is 6.26. The molecule has 0 unspecified atom stereocenters. The van der Waals surface area contributed by atoms with Crippen molar-refractivity contribution >= 4 is 17.6 Å². The van der Waals surface area contributed by atoms with Gasteiger partial charge < -0.3 is 20.1 Å². The van der Waals surface area contributed by atoms with Crippen LogP contribution < -0.4 is 15.4 Å². The molecule has 7 heteroatoms. The van der Waals surface area contributed by atoms with E-state index in [0.29, 0.717) is 0 Å². The van der Waals surface area contributed by atoms with Gasteiger partial charge in [0.05, 0.1) is 26.9 Å². The first-order valence-electron chi connectivity index (χ1n) is 8.87. The van der Waals surface area contributed by atoms with E-state index >= 15 is 0 Å². The van der Waals surface area contributed by atoms with E-state index in [1.165, 1.54) is 0 Å². The number of ether oxygens (including phenoxy) is 2. The van der Waals surface area contributed by atoms with Crippen molar-refractivity contribution in [3.8, 4) is 5.75 Å². The first-order chi connectivity index (χ1) is 12.2. The molecule has 1 heterocycles. The summed E-state index contributed by atoms with van der Waals surface area (Å²) in [5, 5.41) is 7.38. The third-order valence-electron chi connectivity index (χ3n) is 4.08. The summed E-state index contributed by atoms with van der Waals surface area (Å²) in [5.41, 5.74) is 1.10. The SMILES string of the molecule is CCNC(=NCCN1CCOCC1)NCCc1ccc(OC)cc1Cl. The summed E-state index contributed by atoms with van der Waals surface area (Å²) in [7, 11) is 1.64. The number of benzene rings is 1. The van der Waals surface area contributed by atoms with Gasteiger partial charge in [-0.15, -0.1) is 0 Å². The number of guanidine groups is 1. The lowest BCUT2D eigenvalue weighted by Crippen LogP contribution is -2.40. The number of hydrogen-bond acceptors (Lipinski definition) is 4. The molecule has 0 bridgehead atoms. The Kier molecular flexibility index (Phi) is 8.86. The third-order valence-corrected chi connectivity index (χ3v) is 4.43. The molecule has 0 radical (unpaired) electrons. The van der Waals surface area contributed by atoms with Crippen molar-refractivity contribution in [1.82, 2.24) is 15.5 Å². The van der Waals surface area contributed by atoms with Crippen LogP contribution in [0.15, 0.2) is 23.2 Å². The predicted octanol–water partition coefficient (Wildman–Crippen LogP) is 1.78. The van der Waals surface area contributed by atoms with Crippen molar-refractivity contribution in [3.63, 3.8) is 0 Å². The molecule has 0 atom stereocenters. The van der Waals surface area contributed by atoms with E-state index in [1.54, 1.807) is 7.11 Å². The average molecular weight is 369 g/mol. The fraction of sp³-hybridized carbons (Fsp3) is 0.611. The summed E-state index contributed by atoms with van der Waals surface area (Å²) in [4.78, 5) is 7.03. The largest absolute Gasteiger partial charge is 0.497 e. The summed E-state index contributed by atoms with van der Waals surface area (Å²) >= 11 is 6.28. The van der Waals surface area contributed by atoms with Gasteiger partial charge in [-0.1, -0.05) is 17.7 Å². The maximum absolute atomic E-state index is 6.28. The topological polar surface area (TPSA) is 58.1 Å². The Morgan fingerprint density at radius 2 is 2.12 bits per heavy atom. The van der Waals surface area contributed by atoms with Crippen LogP contribution in [0.25, 0.3) is 0 Å². The van der Waals surface area contributed by atoms with Crippen LogP contribution in [0.3, 0.4) is 0 Å². The molecule has 1 saturated heterocycles. The number of nitrogens with one attached hydrogen (secondary N) is 2. The van der Waals surface area contributed by atoms with Crippen LogP contribution in [0.5, 0.6) is 5.75 Å². The number of methoxy groups -OCH3 is 1. The summed E-state index contributed by atoms with van der Waals surface area (Å²) in [6.45, 7) is 9.06. The van der Waals surface area contributed by atoms with Crippen LogP contribution in [0.4, 0.5) is 0 Å². The highest BCUT2D eigenvalue weighted by Gasteiger charge is 2.09.